The number of nitrogens with one attached hydrogen (secondary N) is 1. The van der Waals surface area contributed by atoms with Crippen molar-refractivity contribution in [2.45, 2.75) is 31.2 Å². The third-order valence-electron chi connectivity index (χ3n) is 2.52. The molecule has 0 aliphatic carbocycles. The van der Waals surface area contributed by atoms with E-state index >= 15 is 0 Å². The third kappa shape index (κ3) is 4.87. The number of rotatable bonds is 4. The minimum absolute atomic E-state index is 0.0623. The molecule has 1 aromatic carbocycles. The van der Waals surface area contributed by atoms with Crippen LogP contribution < -0.4 is 11.1 Å². The predicted molar refractivity (Wildman–Crippen MR) is 83.6 cm³/mol. The fourth-order valence-electron chi connectivity index (χ4n) is 1.63. The van der Waals surface area contributed by atoms with E-state index in [2.05, 4.69) is 5.32 Å². The van der Waals surface area contributed by atoms with Crippen molar-refractivity contribution in [2.24, 2.45) is 0 Å². The van der Waals surface area contributed by atoms with Gasteiger partial charge in [-0.25, -0.2) is 8.42 Å². The van der Waals surface area contributed by atoms with Crippen LogP contribution in [0.4, 0.5) is 5.69 Å². The molecule has 0 radical (unpaired) electrons. The van der Waals surface area contributed by atoms with Crippen LogP contribution in [0.15, 0.2) is 23.1 Å². The largest absolute Gasteiger partial charge is 0.399 e. The van der Waals surface area contributed by atoms with Crippen molar-refractivity contribution in [1.29, 1.82) is 0 Å². The van der Waals surface area contributed by atoms with Gasteiger partial charge in [-0.1, -0.05) is 11.6 Å². The molecule has 0 aromatic heterocycles. The number of amides is 1. The first-order valence-electron chi connectivity index (χ1n) is 6.26. The molecule has 0 unspecified atom stereocenters. The van der Waals surface area contributed by atoms with Crippen LogP contribution >= 0.6 is 11.6 Å². The molecule has 0 spiro atoms. The Hall–Kier alpha value is -1.31. The minimum atomic E-state index is -3.88. The van der Waals surface area contributed by atoms with E-state index in [0.29, 0.717) is 0 Å². The van der Waals surface area contributed by atoms with E-state index in [1.54, 1.807) is 0 Å². The second-order valence-electron chi connectivity index (χ2n) is 5.75. The lowest BCUT2D eigenvalue weighted by molar-refractivity contribution is -0.122. The van der Waals surface area contributed by atoms with Crippen molar-refractivity contribution in [1.82, 2.24) is 9.62 Å². The van der Waals surface area contributed by atoms with E-state index in [4.69, 9.17) is 17.3 Å². The number of halogens is 1. The lowest BCUT2D eigenvalue weighted by atomic mass is 10.1. The summed E-state index contributed by atoms with van der Waals surface area (Å²) in [6.45, 7) is 5.14. The molecule has 3 N–H and O–H groups in total. The van der Waals surface area contributed by atoms with Crippen LogP contribution in [0.3, 0.4) is 0 Å². The van der Waals surface area contributed by atoms with Gasteiger partial charge in [-0.3, -0.25) is 4.79 Å². The molecule has 118 valence electrons. The fraction of sp³-hybridized carbons (Fsp3) is 0.462. The first-order valence-corrected chi connectivity index (χ1v) is 8.07. The predicted octanol–water partition coefficient (Wildman–Crippen LogP) is 1.46. The van der Waals surface area contributed by atoms with Gasteiger partial charge in [0, 0.05) is 18.3 Å². The summed E-state index contributed by atoms with van der Waals surface area (Å²) in [6.07, 6.45) is 0. The first-order chi connectivity index (χ1) is 9.43. The number of nitrogen functional groups attached to an aromatic ring is 1. The number of nitrogens with zero attached hydrogens (tertiary/aromatic N) is 1. The van der Waals surface area contributed by atoms with Crippen molar-refractivity contribution in [2.75, 3.05) is 19.3 Å². The topological polar surface area (TPSA) is 92.5 Å². The zero-order chi connectivity index (χ0) is 16.4. The van der Waals surface area contributed by atoms with E-state index in [1.807, 2.05) is 20.8 Å². The Kier molecular flexibility index (Phi) is 5.25. The van der Waals surface area contributed by atoms with E-state index in [9.17, 15) is 13.2 Å². The number of carbonyl (C=O) groups is 1. The Bertz CT molecular complexity index is 639. The van der Waals surface area contributed by atoms with Crippen molar-refractivity contribution in [3.05, 3.63) is 23.2 Å². The number of benzene rings is 1. The van der Waals surface area contributed by atoms with Gasteiger partial charge in [0.15, 0.2) is 0 Å². The highest BCUT2D eigenvalue weighted by molar-refractivity contribution is 7.89. The van der Waals surface area contributed by atoms with E-state index in [-0.39, 0.29) is 22.2 Å². The number of nitrogens with two attached hydrogens (primary N) is 1. The maximum atomic E-state index is 12.4. The summed E-state index contributed by atoms with van der Waals surface area (Å²) in [6, 6.07) is 4.19. The molecule has 0 aliphatic heterocycles. The van der Waals surface area contributed by atoms with Crippen molar-refractivity contribution in [3.8, 4) is 0 Å². The molecule has 1 amide bonds. The molecule has 0 saturated carbocycles. The van der Waals surface area contributed by atoms with Crippen LogP contribution in [0.25, 0.3) is 0 Å². The van der Waals surface area contributed by atoms with Crippen LogP contribution in [-0.4, -0.2) is 37.8 Å². The summed E-state index contributed by atoms with van der Waals surface area (Å²) < 4.78 is 25.8. The Labute approximate surface area is 130 Å². The molecule has 0 heterocycles. The van der Waals surface area contributed by atoms with Crippen LogP contribution in [0.1, 0.15) is 20.8 Å². The Balaban J connectivity index is 2.97. The monoisotopic (exact) mass is 333 g/mol. The summed E-state index contributed by atoms with van der Waals surface area (Å²) >= 11 is 5.91. The van der Waals surface area contributed by atoms with Gasteiger partial charge in [0.1, 0.15) is 4.90 Å². The minimum Gasteiger partial charge on any atom is -0.399 e. The van der Waals surface area contributed by atoms with Crippen molar-refractivity contribution in [3.63, 3.8) is 0 Å². The second kappa shape index (κ2) is 6.21. The van der Waals surface area contributed by atoms with Crippen molar-refractivity contribution < 1.29 is 13.2 Å². The van der Waals surface area contributed by atoms with E-state index in [0.717, 1.165) is 4.31 Å². The fourth-order valence-corrected chi connectivity index (χ4v) is 3.26. The van der Waals surface area contributed by atoms with Gasteiger partial charge in [-0.2, -0.15) is 4.31 Å². The molecule has 21 heavy (non-hydrogen) atoms. The third-order valence-corrected chi connectivity index (χ3v) is 4.81. The quantitative estimate of drug-likeness (QED) is 0.816. The number of hydrogen-bond donors (Lipinski definition) is 2. The average molecular weight is 334 g/mol. The zero-order valence-corrected chi connectivity index (χ0v) is 14.0. The lowest BCUT2D eigenvalue weighted by Gasteiger charge is -2.23. The molecule has 6 nitrogen and oxygen atoms in total. The maximum absolute atomic E-state index is 12.4. The molecule has 8 heteroatoms. The highest BCUT2D eigenvalue weighted by Crippen LogP contribution is 2.26. The SMILES string of the molecule is CN(CC(=O)NC(C)(C)C)S(=O)(=O)c1cc(N)ccc1Cl. The molecule has 0 atom stereocenters. The first kappa shape index (κ1) is 17.7. The van der Waals surface area contributed by atoms with Crippen LogP contribution in [-0.2, 0) is 14.8 Å². The lowest BCUT2D eigenvalue weighted by Crippen LogP contribution is -2.46. The Morgan fingerprint density at radius 3 is 2.48 bits per heavy atom. The highest BCUT2D eigenvalue weighted by atomic mass is 35.5. The van der Waals surface area contributed by atoms with Gasteiger partial charge in [0.2, 0.25) is 15.9 Å². The Morgan fingerprint density at radius 1 is 1.38 bits per heavy atom. The van der Waals surface area contributed by atoms with Gasteiger partial charge < -0.3 is 11.1 Å². The molecule has 0 fully saturated rings. The van der Waals surface area contributed by atoms with Crippen molar-refractivity contribution >= 4 is 33.2 Å². The zero-order valence-electron chi connectivity index (χ0n) is 12.5. The van der Waals surface area contributed by atoms with Gasteiger partial charge in [0.25, 0.3) is 0 Å². The summed E-state index contributed by atoms with van der Waals surface area (Å²) in [4.78, 5) is 11.7. The molecule has 1 aromatic rings. The second-order valence-corrected chi connectivity index (χ2v) is 8.17. The summed E-state index contributed by atoms with van der Waals surface area (Å²) in [5.74, 6) is -0.395. The molecule has 0 bridgehead atoms. The summed E-state index contributed by atoms with van der Waals surface area (Å²) in [5.41, 5.74) is 5.44. The molecule has 1 rings (SSSR count). The van der Waals surface area contributed by atoms with Gasteiger partial charge in [0.05, 0.1) is 11.6 Å². The maximum Gasteiger partial charge on any atom is 0.244 e. The standard InChI is InChI=1S/C13H20ClN3O3S/c1-13(2,3)16-12(18)8-17(4)21(19,20)11-7-9(15)5-6-10(11)14/h5-7H,8,15H2,1-4H3,(H,16,18). The average Bonchev–Trinajstić information content (AvgIpc) is 2.29. The normalized spacial score (nSPS) is 12.5. The molecule has 0 saturated heterocycles. The molecule has 0 aliphatic rings. The highest BCUT2D eigenvalue weighted by Gasteiger charge is 2.26. The van der Waals surface area contributed by atoms with E-state index < -0.39 is 21.5 Å². The van der Waals surface area contributed by atoms with Crippen LogP contribution in [0, 0.1) is 0 Å². The summed E-state index contributed by atoms with van der Waals surface area (Å²) in [5, 5.41) is 2.76. The molecular formula is C13H20ClN3O3S. The van der Waals surface area contributed by atoms with E-state index in [1.165, 1.54) is 25.2 Å². The number of sulfonamides is 1. The van der Waals surface area contributed by atoms with Gasteiger partial charge in [-0.05, 0) is 39.0 Å². The van der Waals surface area contributed by atoms with Crippen LogP contribution in [0.2, 0.25) is 5.02 Å². The van der Waals surface area contributed by atoms with Gasteiger partial charge >= 0.3 is 0 Å². The number of likely N-dealkylation sites (N-methyl/N-ethyl adjacent to an activating group) is 1. The van der Waals surface area contributed by atoms with Gasteiger partial charge in [-0.15, -0.1) is 0 Å². The molecular weight excluding hydrogens is 314 g/mol. The smallest absolute Gasteiger partial charge is 0.244 e. The number of anilines is 1. The number of hydrogen-bond acceptors (Lipinski definition) is 4. The van der Waals surface area contributed by atoms with Crippen LogP contribution in [0.5, 0.6) is 0 Å². The Morgan fingerprint density at radius 2 is 1.95 bits per heavy atom. The summed E-state index contributed by atoms with van der Waals surface area (Å²) in [7, 11) is -2.57. The number of carbonyl (C=O) groups excluding carboxylic acids is 1.